The minimum absolute atomic E-state index is 0.556. The number of pyridine rings is 1. The highest BCUT2D eigenvalue weighted by molar-refractivity contribution is 7.99. The van der Waals surface area contributed by atoms with Crippen LogP contribution in [0.25, 0.3) is 0 Å². The highest BCUT2D eigenvalue weighted by Crippen LogP contribution is 2.36. The summed E-state index contributed by atoms with van der Waals surface area (Å²) in [5.41, 5.74) is -0.694. The first kappa shape index (κ1) is 20.2. The van der Waals surface area contributed by atoms with Crippen LogP contribution >= 0.6 is 11.8 Å². The van der Waals surface area contributed by atoms with Crippen LogP contribution in [0.15, 0.2) is 29.4 Å². The van der Waals surface area contributed by atoms with Gasteiger partial charge in [0.05, 0.1) is 11.1 Å². The third-order valence-corrected chi connectivity index (χ3v) is 4.60. The second kappa shape index (κ2) is 9.00. The van der Waals surface area contributed by atoms with Gasteiger partial charge in [-0.1, -0.05) is 17.8 Å². The maximum atomic E-state index is 11.6. The molecule has 0 aliphatic carbocycles. The number of nitrogens with zero attached hydrogens (tertiary/aromatic N) is 1. The van der Waals surface area contributed by atoms with Crippen molar-refractivity contribution in [1.29, 1.82) is 0 Å². The van der Waals surface area contributed by atoms with Crippen molar-refractivity contribution < 1.29 is 33.3 Å². The number of thioether (sulfide) groups is 1. The SMILES string of the molecule is CC(=O)O[C@H]1[C@@H](OC(C)=O)[C@@H](C)O[C@@H](Sc2ccccn2)[C@H]1OC(C)=O. The molecule has 8 nitrogen and oxygen atoms in total. The summed E-state index contributed by atoms with van der Waals surface area (Å²) < 4.78 is 21.9. The van der Waals surface area contributed by atoms with Gasteiger partial charge in [-0.2, -0.15) is 0 Å². The van der Waals surface area contributed by atoms with Crippen molar-refractivity contribution in [3.63, 3.8) is 0 Å². The van der Waals surface area contributed by atoms with Gasteiger partial charge in [-0.15, -0.1) is 0 Å². The van der Waals surface area contributed by atoms with E-state index in [0.29, 0.717) is 5.03 Å². The average molecular weight is 383 g/mol. The van der Waals surface area contributed by atoms with Crippen LogP contribution in [0.5, 0.6) is 0 Å². The van der Waals surface area contributed by atoms with Crippen LogP contribution in [0.1, 0.15) is 27.7 Å². The Kier molecular flexibility index (Phi) is 6.98. The molecule has 26 heavy (non-hydrogen) atoms. The number of hydrogen-bond acceptors (Lipinski definition) is 9. The molecule has 1 aliphatic rings. The first-order valence-corrected chi connectivity index (χ1v) is 8.90. The molecule has 1 fully saturated rings. The number of carbonyl (C=O) groups excluding carboxylic acids is 3. The van der Waals surface area contributed by atoms with Gasteiger partial charge >= 0.3 is 17.9 Å². The van der Waals surface area contributed by atoms with Gasteiger partial charge in [0.1, 0.15) is 5.44 Å². The fourth-order valence-corrected chi connectivity index (χ4v) is 3.69. The van der Waals surface area contributed by atoms with Crippen molar-refractivity contribution in [1.82, 2.24) is 4.98 Å². The zero-order chi connectivity index (χ0) is 19.3. The molecular formula is C17H21NO7S. The van der Waals surface area contributed by atoms with E-state index >= 15 is 0 Å². The first-order valence-electron chi connectivity index (χ1n) is 8.02. The zero-order valence-corrected chi connectivity index (χ0v) is 15.7. The Hall–Kier alpha value is -2.13. The molecule has 1 aromatic rings. The van der Waals surface area contributed by atoms with Crippen LogP contribution in [0.3, 0.4) is 0 Å². The largest absolute Gasteiger partial charge is 0.456 e. The molecule has 0 N–H and O–H groups in total. The predicted octanol–water partition coefficient (Wildman–Crippen LogP) is 1.71. The lowest BCUT2D eigenvalue weighted by molar-refractivity contribution is -0.229. The van der Waals surface area contributed by atoms with Gasteiger partial charge in [0.2, 0.25) is 0 Å². The van der Waals surface area contributed by atoms with E-state index in [1.165, 1.54) is 32.5 Å². The third-order valence-electron chi connectivity index (χ3n) is 3.51. The quantitative estimate of drug-likeness (QED) is 0.555. The number of rotatable bonds is 5. The summed E-state index contributed by atoms with van der Waals surface area (Å²) >= 11 is 1.23. The van der Waals surface area contributed by atoms with Gasteiger partial charge in [0.15, 0.2) is 18.3 Å². The molecule has 0 amide bonds. The Bertz CT molecular complexity index is 654. The standard InChI is InChI=1S/C17H21NO7S/c1-9-14(23-10(2)19)15(24-11(3)20)16(25-12(4)21)17(22-9)26-13-7-5-6-8-18-13/h5-9,14-17H,1-4H3/t9-,14+,15+,16+,17+/m1/s1. The maximum Gasteiger partial charge on any atom is 0.303 e. The molecule has 0 unspecified atom stereocenters. The summed E-state index contributed by atoms with van der Waals surface area (Å²) in [6.07, 6.45) is -1.83. The lowest BCUT2D eigenvalue weighted by atomic mass is 10.00. The summed E-state index contributed by atoms with van der Waals surface area (Å²) in [6.45, 7) is 5.41. The minimum atomic E-state index is -0.995. The fraction of sp³-hybridized carbons (Fsp3) is 0.529. The Labute approximate surface area is 155 Å². The van der Waals surface area contributed by atoms with E-state index in [0.717, 1.165) is 0 Å². The van der Waals surface area contributed by atoms with Gasteiger partial charge < -0.3 is 18.9 Å². The molecule has 9 heteroatoms. The highest BCUT2D eigenvalue weighted by Gasteiger charge is 2.50. The Morgan fingerprint density at radius 2 is 1.54 bits per heavy atom. The van der Waals surface area contributed by atoms with E-state index in [-0.39, 0.29) is 0 Å². The summed E-state index contributed by atoms with van der Waals surface area (Å²) in [6, 6.07) is 5.37. The van der Waals surface area contributed by atoms with Crippen molar-refractivity contribution in [3.8, 4) is 0 Å². The zero-order valence-electron chi connectivity index (χ0n) is 14.9. The summed E-state index contributed by atoms with van der Waals surface area (Å²) in [5.74, 6) is -1.71. The van der Waals surface area contributed by atoms with Gasteiger partial charge in [-0.3, -0.25) is 14.4 Å². The van der Waals surface area contributed by atoms with Gasteiger partial charge in [0, 0.05) is 27.0 Å². The molecule has 0 bridgehead atoms. The second-order valence-electron chi connectivity index (χ2n) is 5.72. The third kappa shape index (κ3) is 5.43. The van der Waals surface area contributed by atoms with Crippen LogP contribution in [0.2, 0.25) is 0 Å². The Morgan fingerprint density at radius 3 is 2.08 bits per heavy atom. The molecule has 1 saturated heterocycles. The molecule has 142 valence electrons. The summed E-state index contributed by atoms with van der Waals surface area (Å²) in [5, 5.41) is 0.648. The smallest absolute Gasteiger partial charge is 0.303 e. The predicted molar refractivity (Wildman–Crippen MR) is 91.1 cm³/mol. The van der Waals surface area contributed by atoms with Crippen LogP contribution in [0.4, 0.5) is 0 Å². The molecule has 1 aliphatic heterocycles. The number of aromatic nitrogens is 1. The van der Waals surface area contributed by atoms with Crippen LogP contribution in [-0.4, -0.2) is 52.7 Å². The van der Waals surface area contributed by atoms with E-state index in [2.05, 4.69) is 4.98 Å². The lowest BCUT2D eigenvalue weighted by Crippen LogP contribution is -2.59. The van der Waals surface area contributed by atoms with Crippen LogP contribution < -0.4 is 0 Å². The fourth-order valence-electron chi connectivity index (χ4n) is 2.60. The molecule has 0 saturated carbocycles. The number of carbonyl (C=O) groups is 3. The van der Waals surface area contributed by atoms with Crippen molar-refractivity contribution >= 4 is 29.7 Å². The monoisotopic (exact) mass is 383 g/mol. The van der Waals surface area contributed by atoms with Gasteiger partial charge in [-0.25, -0.2) is 4.98 Å². The molecule has 2 rings (SSSR count). The van der Waals surface area contributed by atoms with Gasteiger partial charge in [0.25, 0.3) is 0 Å². The van der Waals surface area contributed by atoms with E-state index in [1.54, 1.807) is 25.3 Å². The summed E-state index contributed by atoms with van der Waals surface area (Å²) in [4.78, 5) is 38.8. The molecule has 0 spiro atoms. The molecule has 5 atom stereocenters. The highest BCUT2D eigenvalue weighted by atomic mass is 32.2. The van der Waals surface area contributed by atoms with Crippen molar-refractivity contribution in [3.05, 3.63) is 24.4 Å². The Balaban J connectivity index is 2.33. The molecule has 1 aromatic heterocycles. The summed E-state index contributed by atoms with van der Waals surface area (Å²) in [7, 11) is 0. The number of esters is 3. The van der Waals surface area contributed by atoms with Crippen molar-refractivity contribution in [2.24, 2.45) is 0 Å². The van der Waals surface area contributed by atoms with Crippen LogP contribution in [-0.2, 0) is 33.3 Å². The maximum absolute atomic E-state index is 11.6. The lowest BCUT2D eigenvalue weighted by Gasteiger charge is -2.43. The van der Waals surface area contributed by atoms with Gasteiger partial charge in [-0.05, 0) is 19.1 Å². The second-order valence-corrected chi connectivity index (χ2v) is 6.84. The average Bonchev–Trinajstić information content (AvgIpc) is 2.54. The molecular weight excluding hydrogens is 362 g/mol. The normalized spacial score (nSPS) is 28.1. The molecule has 2 heterocycles. The van der Waals surface area contributed by atoms with E-state index in [9.17, 15) is 14.4 Å². The van der Waals surface area contributed by atoms with E-state index in [1.807, 2.05) is 6.07 Å². The number of ether oxygens (including phenoxy) is 4. The molecule has 0 aromatic carbocycles. The Morgan fingerprint density at radius 1 is 0.962 bits per heavy atom. The van der Waals surface area contributed by atoms with E-state index in [4.69, 9.17) is 18.9 Å². The van der Waals surface area contributed by atoms with E-state index < -0.39 is 47.8 Å². The van der Waals surface area contributed by atoms with Crippen molar-refractivity contribution in [2.75, 3.05) is 0 Å². The topological polar surface area (TPSA) is 101 Å². The first-order chi connectivity index (χ1) is 12.3. The van der Waals surface area contributed by atoms with Crippen LogP contribution in [0, 0.1) is 0 Å². The van der Waals surface area contributed by atoms with Crippen molar-refractivity contribution in [2.45, 2.75) is 62.6 Å². The number of hydrogen-bond donors (Lipinski definition) is 0. The molecule has 0 radical (unpaired) electrons. The minimum Gasteiger partial charge on any atom is -0.456 e.